The van der Waals surface area contributed by atoms with Crippen LogP contribution >= 0.6 is 0 Å². The second-order valence-electron chi connectivity index (χ2n) is 8.73. The molecule has 0 aromatic carbocycles. The Morgan fingerprint density at radius 3 is 0.931 bits per heavy atom. The van der Waals surface area contributed by atoms with E-state index in [-0.39, 0.29) is 59.1 Å². The van der Waals surface area contributed by atoms with Gasteiger partial charge in [-0.3, -0.25) is 0 Å². The molecule has 0 saturated carbocycles. The molecule has 0 bridgehead atoms. The van der Waals surface area contributed by atoms with Gasteiger partial charge < -0.3 is 14.2 Å². The lowest BCUT2D eigenvalue weighted by molar-refractivity contribution is -0.0376. The van der Waals surface area contributed by atoms with E-state index in [1.807, 2.05) is 0 Å². The molecule has 7 heteroatoms. The van der Waals surface area contributed by atoms with Gasteiger partial charge in [-0.2, -0.15) is 0 Å². The molecule has 0 N–H and O–H groups in total. The van der Waals surface area contributed by atoms with Crippen molar-refractivity contribution in [1.29, 1.82) is 0 Å². The van der Waals surface area contributed by atoms with Crippen molar-refractivity contribution in [3.63, 3.8) is 0 Å². The van der Waals surface area contributed by atoms with Crippen LogP contribution < -0.4 is 0 Å². The minimum Gasteiger partial charge on any atom is -0.383 e. The van der Waals surface area contributed by atoms with Crippen molar-refractivity contribution in [2.75, 3.05) is 19.8 Å². The summed E-state index contributed by atoms with van der Waals surface area (Å²) in [6.07, 6.45) is 11.6. The van der Waals surface area contributed by atoms with Crippen molar-refractivity contribution in [3.05, 3.63) is 0 Å². The number of hydrogen-bond donors (Lipinski definition) is 0. The highest BCUT2D eigenvalue weighted by atomic mass is 28.4. The zero-order valence-corrected chi connectivity index (χ0v) is 22.7. The monoisotopic (exact) mass is 484 g/mol. The molecule has 0 aliphatic carbocycles. The molecule has 3 aliphatic heterocycles. The quantitative estimate of drug-likeness (QED) is 0.575. The van der Waals surface area contributed by atoms with Crippen LogP contribution in [0.3, 0.4) is 0 Å². The van der Waals surface area contributed by atoms with Crippen LogP contribution in [-0.2, 0) is 14.2 Å². The van der Waals surface area contributed by atoms with Crippen LogP contribution in [0.15, 0.2) is 0 Å². The molecule has 3 saturated heterocycles. The molecule has 0 amide bonds. The Bertz CT molecular complexity index is 356. The Hall–Kier alpha value is 0.748. The zero-order valence-electron chi connectivity index (χ0n) is 15.7. The first-order valence-corrected chi connectivity index (χ1v) is 15.3. The molecule has 3 rings (SSSR count). The second-order valence-corrected chi connectivity index (χ2v) is 22.0. The Morgan fingerprint density at radius 1 is 0.517 bits per heavy atom. The smallest absolute Gasteiger partial charge is 0.144 e. The molecular formula is C22H60O3Si4. The molecule has 182 valence electrons. The van der Waals surface area contributed by atoms with E-state index < -0.39 is 8.07 Å². The van der Waals surface area contributed by atoms with Crippen molar-refractivity contribution in [2.24, 2.45) is 0 Å². The molecule has 3 fully saturated rings. The molecule has 0 spiro atoms. The summed E-state index contributed by atoms with van der Waals surface area (Å²) in [5.41, 5.74) is 0. The molecule has 3 atom stereocenters. The van der Waals surface area contributed by atoms with Crippen molar-refractivity contribution in [3.8, 4) is 0 Å². The highest BCUT2D eigenvalue weighted by Gasteiger charge is 2.68. The maximum Gasteiger partial charge on any atom is 0.144 e. The zero-order chi connectivity index (χ0) is 16.6. The Labute approximate surface area is 196 Å². The van der Waals surface area contributed by atoms with Gasteiger partial charge in [-0.05, 0) is 57.8 Å². The van der Waals surface area contributed by atoms with E-state index in [1.54, 1.807) is 0 Å². The number of rotatable bonds is 3. The topological polar surface area (TPSA) is 27.7 Å². The Kier molecular flexibility index (Phi) is 17.9. The van der Waals surface area contributed by atoms with E-state index in [1.165, 1.54) is 57.8 Å². The first-order chi connectivity index (χ1) is 10.9. The van der Waals surface area contributed by atoms with Gasteiger partial charge in [0.1, 0.15) is 8.07 Å². The Balaban J connectivity index is -0.000000521. The third kappa shape index (κ3) is 6.17. The standard InChI is InChI=1S/C16H36O3Si4.6CH4/c1-23(14(20)8-2-5-11-17-14,15(21)9-3-6-12-18-15)16(22)10-4-7-13-19-16;;;;;;/h2-13H2,1,20-22H3;6*1H4. The summed E-state index contributed by atoms with van der Waals surface area (Å²) >= 11 is 0. The highest BCUT2D eigenvalue weighted by molar-refractivity contribution is 6.99. The van der Waals surface area contributed by atoms with Gasteiger partial charge in [0.05, 0.1) is 0 Å². The SMILES string of the molecule is C.C.C.C.C.C.C[Si](C1([SiH3])CCCCO1)(C1([SiH3])CCCCO1)C1([SiH3])CCCCO1. The van der Waals surface area contributed by atoms with Crippen molar-refractivity contribution < 1.29 is 14.2 Å². The first kappa shape index (κ1) is 37.1. The summed E-state index contributed by atoms with van der Waals surface area (Å²) in [4.78, 5) is 0.510. The van der Waals surface area contributed by atoms with Crippen molar-refractivity contribution >= 4 is 38.8 Å². The Morgan fingerprint density at radius 2 is 0.759 bits per heavy atom. The van der Waals surface area contributed by atoms with E-state index >= 15 is 0 Å². The molecule has 29 heavy (non-hydrogen) atoms. The fourth-order valence-electron chi connectivity index (χ4n) is 5.66. The van der Waals surface area contributed by atoms with Crippen LogP contribution in [0.5, 0.6) is 0 Å². The third-order valence-corrected chi connectivity index (χ3v) is 26.5. The average molecular weight is 485 g/mol. The molecule has 3 unspecified atom stereocenters. The minimum atomic E-state index is -1.90. The molecule has 0 radical (unpaired) electrons. The van der Waals surface area contributed by atoms with E-state index in [2.05, 4.69) is 6.55 Å². The van der Waals surface area contributed by atoms with Gasteiger partial charge in [-0.1, -0.05) is 51.1 Å². The molecule has 0 aromatic heterocycles. The lowest BCUT2D eigenvalue weighted by Gasteiger charge is -2.64. The van der Waals surface area contributed by atoms with Gasteiger partial charge >= 0.3 is 0 Å². The lowest BCUT2D eigenvalue weighted by atomic mass is 10.2. The molecule has 0 aromatic rings. The lowest BCUT2D eigenvalue weighted by Crippen LogP contribution is -2.84. The minimum absolute atomic E-state index is 0. The number of hydrogen-bond acceptors (Lipinski definition) is 3. The molecule has 3 nitrogen and oxygen atoms in total. The van der Waals surface area contributed by atoms with E-state index in [0.717, 1.165) is 50.5 Å². The summed E-state index contributed by atoms with van der Waals surface area (Å²) in [5.74, 6) is 0. The van der Waals surface area contributed by atoms with Crippen molar-refractivity contribution in [2.45, 2.75) is 123 Å². The van der Waals surface area contributed by atoms with Gasteiger partial charge in [-0.25, -0.2) is 0 Å². The first-order valence-electron chi connectivity index (χ1n) is 9.79. The molecule has 3 heterocycles. The van der Waals surface area contributed by atoms with Gasteiger partial charge in [0.25, 0.3) is 0 Å². The van der Waals surface area contributed by atoms with Crippen LogP contribution in [0.4, 0.5) is 0 Å². The maximum atomic E-state index is 6.68. The van der Waals surface area contributed by atoms with Crippen LogP contribution in [0, 0.1) is 0 Å². The summed E-state index contributed by atoms with van der Waals surface area (Å²) in [6, 6.07) is 0. The van der Waals surface area contributed by atoms with Gasteiger partial charge in [0.15, 0.2) is 0 Å². The third-order valence-electron chi connectivity index (χ3n) is 7.58. The number of ether oxygens (including phenoxy) is 3. The van der Waals surface area contributed by atoms with Crippen LogP contribution in [0.2, 0.25) is 6.55 Å². The van der Waals surface area contributed by atoms with Gasteiger partial charge in [0, 0.05) is 65.1 Å². The average Bonchev–Trinajstić information content (AvgIpc) is 2.56. The van der Waals surface area contributed by atoms with Crippen LogP contribution in [0.1, 0.15) is 102 Å². The molecule has 3 aliphatic rings. The van der Waals surface area contributed by atoms with Gasteiger partial charge in [-0.15, -0.1) is 0 Å². The molecular weight excluding hydrogens is 425 g/mol. The van der Waals surface area contributed by atoms with Gasteiger partial charge in [0.2, 0.25) is 0 Å². The van der Waals surface area contributed by atoms with E-state index in [0.29, 0.717) is 0 Å². The van der Waals surface area contributed by atoms with E-state index in [9.17, 15) is 0 Å². The predicted molar refractivity (Wildman–Crippen MR) is 149 cm³/mol. The fourth-order valence-corrected chi connectivity index (χ4v) is 27.9. The second kappa shape index (κ2) is 14.0. The highest BCUT2D eigenvalue weighted by Crippen LogP contribution is 2.50. The summed E-state index contributed by atoms with van der Waals surface area (Å²) < 4.78 is 20.0. The van der Waals surface area contributed by atoms with E-state index in [4.69, 9.17) is 14.2 Å². The van der Waals surface area contributed by atoms with Crippen LogP contribution in [-0.4, -0.2) is 73.2 Å². The summed E-state index contributed by atoms with van der Waals surface area (Å²) in [6.45, 7) is 5.58. The largest absolute Gasteiger partial charge is 0.383 e. The normalized spacial score (nSPS) is 36.3. The van der Waals surface area contributed by atoms with Crippen molar-refractivity contribution in [1.82, 2.24) is 0 Å². The fraction of sp³-hybridized carbons (Fsp3) is 1.00. The summed E-state index contributed by atoms with van der Waals surface area (Å²) in [7, 11) is 1.53. The van der Waals surface area contributed by atoms with Crippen LogP contribution in [0.25, 0.3) is 0 Å². The maximum absolute atomic E-state index is 6.68. The summed E-state index contributed by atoms with van der Waals surface area (Å²) in [5, 5.41) is 0. The predicted octanol–water partition coefficient (Wildman–Crippen LogP) is 3.29.